The van der Waals surface area contributed by atoms with Crippen molar-refractivity contribution < 1.29 is 19.1 Å². The SMILES string of the molecule is O=C(COc1ccccc1)NCC(=O)c1ccc(N2CCOCC2)cc1. The van der Waals surface area contributed by atoms with Gasteiger partial charge in [0.25, 0.3) is 5.91 Å². The van der Waals surface area contributed by atoms with Gasteiger partial charge in [-0.05, 0) is 36.4 Å². The molecule has 1 heterocycles. The minimum Gasteiger partial charge on any atom is -0.484 e. The maximum Gasteiger partial charge on any atom is 0.258 e. The second kappa shape index (κ2) is 9.01. The number of amides is 1. The number of ketones is 1. The van der Waals surface area contributed by atoms with Gasteiger partial charge in [0.2, 0.25) is 0 Å². The number of carbonyl (C=O) groups excluding carboxylic acids is 2. The van der Waals surface area contributed by atoms with E-state index in [1.165, 1.54) is 0 Å². The van der Waals surface area contributed by atoms with E-state index in [-0.39, 0.29) is 24.8 Å². The molecule has 0 unspecified atom stereocenters. The van der Waals surface area contributed by atoms with E-state index in [1.54, 1.807) is 24.3 Å². The predicted molar refractivity (Wildman–Crippen MR) is 98.8 cm³/mol. The Morgan fingerprint density at radius 3 is 2.38 bits per heavy atom. The second-order valence-corrected chi connectivity index (χ2v) is 5.95. The van der Waals surface area contributed by atoms with Crippen LogP contribution in [0.1, 0.15) is 10.4 Å². The molecule has 26 heavy (non-hydrogen) atoms. The van der Waals surface area contributed by atoms with Crippen molar-refractivity contribution >= 4 is 17.4 Å². The third-order valence-corrected chi connectivity index (χ3v) is 4.12. The van der Waals surface area contributed by atoms with Crippen molar-refractivity contribution in [1.29, 1.82) is 0 Å². The lowest BCUT2D eigenvalue weighted by molar-refractivity contribution is -0.122. The van der Waals surface area contributed by atoms with E-state index < -0.39 is 0 Å². The van der Waals surface area contributed by atoms with Crippen LogP contribution < -0.4 is 15.0 Å². The first kappa shape index (κ1) is 17.9. The highest BCUT2D eigenvalue weighted by Crippen LogP contribution is 2.16. The zero-order valence-electron chi connectivity index (χ0n) is 14.5. The molecular weight excluding hydrogens is 332 g/mol. The van der Waals surface area contributed by atoms with E-state index in [0.717, 1.165) is 32.0 Å². The van der Waals surface area contributed by atoms with Crippen molar-refractivity contribution in [2.75, 3.05) is 44.4 Å². The highest BCUT2D eigenvalue weighted by molar-refractivity contribution is 5.99. The van der Waals surface area contributed by atoms with Crippen LogP contribution >= 0.6 is 0 Å². The van der Waals surface area contributed by atoms with Gasteiger partial charge in [0.15, 0.2) is 12.4 Å². The van der Waals surface area contributed by atoms with Gasteiger partial charge in [-0.2, -0.15) is 0 Å². The summed E-state index contributed by atoms with van der Waals surface area (Å²) >= 11 is 0. The molecule has 136 valence electrons. The standard InChI is InChI=1S/C20H22N2O4/c23-19(14-21-20(24)15-26-18-4-2-1-3-5-18)16-6-8-17(9-7-16)22-10-12-25-13-11-22/h1-9H,10-15H2,(H,21,24). The molecule has 0 aliphatic carbocycles. The number of nitrogens with one attached hydrogen (secondary N) is 1. The lowest BCUT2D eigenvalue weighted by Gasteiger charge is -2.28. The molecule has 2 aromatic rings. The molecule has 1 aliphatic heterocycles. The van der Waals surface area contributed by atoms with Crippen LogP contribution in [-0.4, -0.2) is 51.1 Å². The van der Waals surface area contributed by atoms with Gasteiger partial charge in [-0.15, -0.1) is 0 Å². The molecule has 3 rings (SSSR count). The Balaban J connectivity index is 1.44. The minimum atomic E-state index is -0.327. The van der Waals surface area contributed by atoms with Crippen molar-refractivity contribution in [2.24, 2.45) is 0 Å². The van der Waals surface area contributed by atoms with E-state index in [0.29, 0.717) is 11.3 Å². The molecule has 1 fully saturated rings. The Hall–Kier alpha value is -2.86. The molecular formula is C20H22N2O4. The largest absolute Gasteiger partial charge is 0.484 e. The van der Waals surface area contributed by atoms with Crippen molar-refractivity contribution in [3.63, 3.8) is 0 Å². The molecule has 0 aromatic heterocycles. The zero-order chi connectivity index (χ0) is 18.2. The summed E-state index contributed by atoms with van der Waals surface area (Å²) in [5, 5.41) is 2.59. The molecule has 1 aliphatic rings. The van der Waals surface area contributed by atoms with Crippen LogP contribution in [0.2, 0.25) is 0 Å². The molecule has 1 amide bonds. The number of morpholine rings is 1. The van der Waals surface area contributed by atoms with E-state index >= 15 is 0 Å². The van der Waals surface area contributed by atoms with Crippen LogP contribution in [-0.2, 0) is 9.53 Å². The molecule has 0 radical (unpaired) electrons. The molecule has 0 atom stereocenters. The predicted octanol–water partition coefficient (Wildman–Crippen LogP) is 1.90. The van der Waals surface area contributed by atoms with Gasteiger partial charge in [-0.1, -0.05) is 18.2 Å². The highest BCUT2D eigenvalue weighted by atomic mass is 16.5. The van der Waals surface area contributed by atoms with E-state index in [1.807, 2.05) is 30.3 Å². The maximum atomic E-state index is 12.2. The third-order valence-electron chi connectivity index (χ3n) is 4.12. The Kier molecular flexibility index (Phi) is 6.22. The highest BCUT2D eigenvalue weighted by Gasteiger charge is 2.13. The van der Waals surface area contributed by atoms with Crippen LogP contribution in [0.3, 0.4) is 0 Å². The van der Waals surface area contributed by atoms with Crippen molar-refractivity contribution in [2.45, 2.75) is 0 Å². The number of benzene rings is 2. The maximum absolute atomic E-state index is 12.2. The summed E-state index contributed by atoms with van der Waals surface area (Å²) < 4.78 is 10.7. The number of ether oxygens (including phenoxy) is 2. The fourth-order valence-corrected chi connectivity index (χ4v) is 2.68. The van der Waals surface area contributed by atoms with Gasteiger partial charge in [0.1, 0.15) is 5.75 Å². The average molecular weight is 354 g/mol. The minimum absolute atomic E-state index is 0.0477. The first-order valence-corrected chi connectivity index (χ1v) is 8.63. The molecule has 0 bridgehead atoms. The van der Waals surface area contributed by atoms with Gasteiger partial charge in [-0.25, -0.2) is 0 Å². The Labute approximate surface area is 152 Å². The van der Waals surface area contributed by atoms with Gasteiger partial charge in [0.05, 0.1) is 19.8 Å². The number of anilines is 1. The summed E-state index contributed by atoms with van der Waals surface area (Å²) in [6.07, 6.45) is 0. The van der Waals surface area contributed by atoms with Gasteiger partial charge < -0.3 is 19.7 Å². The molecule has 0 spiro atoms. The summed E-state index contributed by atoms with van der Waals surface area (Å²) in [7, 11) is 0. The van der Waals surface area contributed by atoms with Crippen LogP contribution in [0, 0.1) is 0 Å². The summed E-state index contributed by atoms with van der Waals surface area (Å²) in [6, 6.07) is 16.5. The zero-order valence-corrected chi connectivity index (χ0v) is 14.5. The fourth-order valence-electron chi connectivity index (χ4n) is 2.68. The van der Waals surface area contributed by atoms with Crippen LogP contribution in [0.25, 0.3) is 0 Å². The smallest absolute Gasteiger partial charge is 0.258 e. The number of hydrogen-bond acceptors (Lipinski definition) is 5. The van der Waals surface area contributed by atoms with Crippen LogP contribution in [0.15, 0.2) is 54.6 Å². The first-order chi connectivity index (χ1) is 12.7. The quantitative estimate of drug-likeness (QED) is 0.769. The number of para-hydroxylation sites is 1. The lowest BCUT2D eigenvalue weighted by Crippen LogP contribution is -2.36. The Bertz CT molecular complexity index is 725. The van der Waals surface area contributed by atoms with Gasteiger partial charge >= 0.3 is 0 Å². The van der Waals surface area contributed by atoms with Gasteiger partial charge in [-0.3, -0.25) is 9.59 Å². The second-order valence-electron chi connectivity index (χ2n) is 5.95. The normalized spacial score (nSPS) is 13.9. The number of Topliss-reactive ketones (excluding diaryl/α,β-unsaturated/α-hetero) is 1. The molecule has 1 saturated heterocycles. The van der Waals surface area contributed by atoms with Crippen LogP contribution in [0.5, 0.6) is 5.75 Å². The molecule has 2 aromatic carbocycles. The lowest BCUT2D eigenvalue weighted by atomic mass is 10.1. The van der Waals surface area contributed by atoms with Crippen LogP contribution in [0.4, 0.5) is 5.69 Å². The number of nitrogens with zero attached hydrogens (tertiary/aromatic N) is 1. The van der Waals surface area contributed by atoms with Crippen molar-refractivity contribution in [3.8, 4) is 5.75 Å². The van der Waals surface area contributed by atoms with E-state index in [2.05, 4.69) is 10.2 Å². The first-order valence-electron chi connectivity index (χ1n) is 8.63. The Morgan fingerprint density at radius 1 is 1.00 bits per heavy atom. The summed E-state index contributed by atoms with van der Waals surface area (Å²) in [5.74, 6) is 0.159. The number of carbonyl (C=O) groups is 2. The third kappa shape index (κ3) is 5.07. The summed E-state index contributed by atoms with van der Waals surface area (Å²) in [5.41, 5.74) is 1.65. The van der Waals surface area contributed by atoms with Crippen molar-refractivity contribution in [1.82, 2.24) is 5.32 Å². The number of hydrogen-bond donors (Lipinski definition) is 1. The van der Waals surface area contributed by atoms with Gasteiger partial charge in [0, 0.05) is 24.3 Å². The molecule has 1 N–H and O–H groups in total. The molecule has 6 nitrogen and oxygen atoms in total. The average Bonchev–Trinajstić information content (AvgIpc) is 2.72. The summed E-state index contributed by atoms with van der Waals surface area (Å²) in [6.45, 7) is 2.98. The number of rotatable bonds is 7. The topological polar surface area (TPSA) is 67.9 Å². The van der Waals surface area contributed by atoms with Crippen molar-refractivity contribution in [3.05, 3.63) is 60.2 Å². The summed E-state index contributed by atoms with van der Waals surface area (Å²) in [4.78, 5) is 26.3. The van der Waals surface area contributed by atoms with E-state index in [4.69, 9.17) is 9.47 Å². The fraction of sp³-hybridized carbons (Fsp3) is 0.300. The monoisotopic (exact) mass is 354 g/mol. The Morgan fingerprint density at radius 2 is 1.69 bits per heavy atom. The molecule has 0 saturated carbocycles. The molecule has 6 heteroatoms. The van der Waals surface area contributed by atoms with E-state index in [9.17, 15) is 9.59 Å².